The van der Waals surface area contributed by atoms with Gasteiger partial charge in [0.2, 0.25) is 0 Å². The largest absolute Gasteiger partial charge is 0.504 e. The fourth-order valence-electron chi connectivity index (χ4n) is 1.04. The Labute approximate surface area is 87.9 Å². The number of para-hydroxylation sites is 1. The molecule has 0 spiro atoms. The Bertz CT molecular complexity index is 399. The summed E-state index contributed by atoms with van der Waals surface area (Å²) in [5, 5.41) is 21.1. The van der Waals surface area contributed by atoms with Crippen LogP contribution in [0.2, 0.25) is 0 Å². The number of benzene rings is 1. The van der Waals surface area contributed by atoms with Gasteiger partial charge in [0.25, 0.3) is 5.91 Å². The summed E-state index contributed by atoms with van der Waals surface area (Å²) in [5.74, 6) is -1.15. The van der Waals surface area contributed by atoms with Crippen LogP contribution < -0.4 is 5.32 Å². The van der Waals surface area contributed by atoms with E-state index in [1.165, 1.54) is 18.2 Å². The third-order valence-corrected chi connectivity index (χ3v) is 1.81. The first-order valence-corrected chi connectivity index (χ1v) is 4.46. The molecule has 0 aliphatic heterocycles. The average Bonchev–Trinajstić information content (AvgIpc) is 2.18. The highest BCUT2D eigenvalue weighted by Crippen LogP contribution is 2.27. The molecule has 0 radical (unpaired) electrons. The Morgan fingerprint density at radius 1 is 1.47 bits per heavy atom. The molecule has 0 unspecified atom stereocenters. The van der Waals surface area contributed by atoms with E-state index in [4.69, 9.17) is 0 Å². The second kappa shape index (κ2) is 4.50. The number of phenols is 2. The fraction of sp³-hybridized carbons (Fsp3) is 0.182. The van der Waals surface area contributed by atoms with Gasteiger partial charge in [0, 0.05) is 6.54 Å². The van der Waals surface area contributed by atoms with E-state index in [1.54, 1.807) is 6.92 Å². The molecular formula is C11H13NO3. The van der Waals surface area contributed by atoms with Gasteiger partial charge in [-0.05, 0) is 19.1 Å². The molecule has 0 heterocycles. The van der Waals surface area contributed by atoms with Crippen molar-refractivity contribution in [3.8, 4) is 11.5 Å². The highest BCUT2D eigenvalue weighted by molar-refractivity contribution is 5.97. The van der Waals surface area contributed by atoms with Crippen molar-refractivity contribution in [3.63, 3.8) is 0 Å². The third-order valence-electron chi connectivity index (χ3n) is 1.81. The van der Waals surface area contributed by atoms with Gasteiger partial charge in [-0.25, -0.2) is 0 Å². The SMILES string of the molecule is C=C(C)CNC(=O)c1cccc(O)c1O. The van der Waals surface area contributed by atoms with Gasteiger partial charge in [-0.3, -0.25) is 4.79 Å². The molecule has 0 atom stereocenters. The van der Waals surface area contributed by atoms with E-state index in [-0.39, 0.29) is 11.3 Å². The molecule has 0 fully saturated rings. The lowest BCUT2D eigenvalue weighted by atomic mass is 10.1. The predicted molar refractivity (Wildman–Crippen MR) is 56.9 cm³/mol. The van der Waals surface area contributed by atoms with Gasteiger partial charge in [0.15, 0.2) is 11.5 Å². The van der Waals surface area contributed by atoms with E-state index in [9.17, 15) is 15.0 Å². The summed E-state index contributed by atoms with van der Waals surface area (Å²) in [6.45, 7) is 5.76. The minimum Gasteiger partial charge on any atom is -0.504 e. The van der Waals surface area contributed by atoms with E-state index in [1.807, 2.05) is 0 Å². The zero-order chi connectivity index (χ0) is 11.4. The number of carbonyl (C=O) groups is 1. The maximum absolute atomic E-state index is 11.5. The number of hydrogen-bond donors (Lipinski definition) is 3. The quantitative estimate of drug-likeness (QED) is 0.518. The Hall–Kier alpha value is -1.97. The van der Waals surface area contributed by atoms with Crippen LogP contribution in [0.15, 0.2) is 30.4 Å². The maximum atomic E-state index is 11.5. The number of aromatic hydroxyl groups is 2. The molecule has 1 rings (SSSR count). The van der Waals surface area contributed by atoms with Crippen molar-refractivity contribution in [2.75, 3.05) is 6.54 Å². The predicted octanol–water partition coefficient (Wildman–Crippen LogP) is 1.40. The van der Waals surface area contributed by atoms with E-state index in [0.29, 0.717) is 6.54 Å². The summed E-state index contributed by atoms with van der Waals surface area (Å²) in [5.41, 5.74) is 0.860. The van der Waals surface area contributed by atoms with E-state index < -0.39 is 11.7 Å². The molecule has 0 saturated carbocycles. The standard InChI is InChI=1S/C11H13NO3/c1-7(2)6-12-11(15)8-4-3-5-9(13)10(8)14/h3-5,13-14H,1,6H2,2H3,(H,12,15). The highest BCUT2D eigenvalue weighted by atomic mass is 16.3. The first kappa shape index (κ1) is 11.1. The van der Waals surface area contributed by atoms with Crippen molar-refractivity contribution in [1.29, 1.82) is 0 Å². The molecule has 0 aromatic heterocycles. The fourth-order valence-corrected chi connectivity index (χ4v) is 1.04. The van der Waals surface area contributed by atoms with Crippen LogP contribution in [0.5, 0.6) is 11.5 Å². The highest BCUT2D eigenvalue weighted by Gasteiger charge is 2.12. The van der Waals surface area contributed by atoms with Crippen LogP contribution in [0.25, 0.3) is 0 Å². The van der Waals surface area contributed by atoms with Crippen molar-refractivity contribution in [1.82, 2.24) is 5.32 Å². The lowest BCUT2D eigenvalue weighted by Crippen LogP contribution is -2.24. The lowest BCUT2D eigenvalue weighted by Gasteiger charge is -2.07. The summed E-state index contributed by atoms with van der Waals surface area (Å²) in [4.78, 5) is 11.5. The van der Waals surface area contributed by atoms with Crippen LogP contribution in [0, 0.1) is 0 Å². The third kappa shape index (κ3) is 2.74. The molecule has 4 heteroatoms. The lowest BCUT2D eigenvalue weighted by molar-refractivity contribution is 0.0953. The van der Waals surface area contributed by atoms with Gasteiger partial charge in [-0.1, -0.05) is 18.2 Å². The summed E-state index contributed by atoms with van der Waals surface area (Å²) in [7, 11) is 0. The second-order valence-electron chi connectivity index (χ2n) is 3.31. The Balaban J connectivity index is 2.82. The van der Waals surface area contributed by atoms with Crippen molar-refractivity contribution >= 4 is 5.91 Å². The smallest absolute Gasteiger partial charge is 0.255 e. The molecule has 0 bridgehead atoms. The summed E-state index contributed by atoms with van der Waals surface area (Å²) >= 11 is 0. The Morgan fingerprint density at radius 2 is 2.13 bits per heavy atom. The van der Waals surface area contributed by atoms with E-state index in [2.05, 4.69) is 11.9 Å². The van der Waals surface area contributed by atoms with E-state index >= 15 is 0 Å². The Morgan fingerprint density at radius 3 is 2.73 bits per heavy atom. The summed E-state index contributed by atoms with van der Waals surface area (Å²) in [6.07, 6.45) is 0. The Kier molecular flexibility index (Phi) is 3.33. The average molecular weight is 207 g/mol. The summed E-state index contributed by atoms with van der Waals surface area (Å²) in [6, 6.07) is 4.23. The molecule has 0 saturated heterocycles. The number of amides is 1. The van der Waals surface area contributed by atoms with Gasteiger partial charge in [-0.15, -0.1) is 0 Å². The topological polar surface area (TPSA) is 69.6 Å². The van der Waals surface area contributed by atoms with Crippen LogP contribution in [0.1, 0.15) is 17.3 Å². The number of rotatable bonds is 3. The zero-order valence-electron chi connectivity index (χ0n) is 8.45. The molecule has 80 valence electrons. The van der Waals surface area contributed by atoms with Crippen molar-refractivity contribution in [3.05, 3.63) is 35.9 Å². The normalized spacial score (nSPS) is 9.67. The first-order valence-electron chi connectivity index (χ1n) is 4.46. The van der Waals surface area contributed by atoms with Gasteiger partial charge < -0.3 is 15.5 Å². The number of nitrogens with one attached hydrogen (secondary N) is 1. The van der Waals surface area contributed by atoms with Crippen LogP contribution in [0.4, 0.5) is 0 Å². The number of carbonyl (C=O) groups excluding carboxylic acids is 1. The van der Waals surface area contributed by atoms with Gasteiger partial charge in [-0.2, -0.15) is 0 Å². The van der Waals surface area contributed by atoms with Gasteiger partial charge >= 0.3 is 0 Å². The van der Waals surface area contributed by atoms with E-state index in [0.717, 1.165) is 5.57 Å². The van der Waals surface area contributed by atoms with Crippen LogP contribution in [-0.4, -0.2) is 22.7 Å². The molecule has 0 aliphatic carbocycles. The van der Waals surface area contributed by atoms with Gasteiger partial charge in [0.05, 0.1) is 5.56 Å². The number of phenolic OH excluding ortho intramolecular Hbond substituents is 2. The molecule has 1 aromatic rings. The molecule has 0 aliphatic rings. The van der Waals surface area contributed by atoms with Crippen molar-refractivity contribution in [2.45, 2.75) is 6.92 Å². The van der Waals surface area contributed by atoms with Crippen LogP contribution >= 0.6 is 0 Å². The second-order valence-corrected chi connectivity index (χ2v) is 3.31. The maximum Gasteiger partial charge on any atom is 0.255 e. The first-order chi connectivity index (χ1) is 7.02. The molecule has 4 nitrogen and oxygen atoms in total. The molecule has 3 N–H and O–H groups in total. The van der Waals surface area contributed by atoms with Crippen molar-refractivity contribution in [2.24, 2.45) is 0 Å². The zero-order valence-corrected chi connectivity index (χ0v) is 8.45. The molecule has 1 amide bonds. The minimum atomic E-state index is -0.439. The monoisotopic (exact) mass is 207 g/mol. The summed E-state index contributed by atoms with van der Waals surface area (Å²) < 4.78 is 0. The number of hydrogen-bond acceptors (Lipinski definition) is 3. The van der Waals surface area contributed by atoms with Crippen LogP contribution in [0.3, 0.4) is 0 Å². The van der Waals surface area contributed by atoms with Crippen LogP contribution in [-0.2, 0) is 0 Å². The van der Waals surface area contributed by atoms with Gasteiger partial charge in [0.1, 0.15) is 0 Å². The minimum absolute atomic E-state index is 0.0521. The molecular weight excluding hydrogens is 194 g/mol. The molecule has 1 aromatic carbocycles. The molecule has 15 heavy (non-hydrogen) atoms. The van der Waals surface area contributed by atoms with Crippen molar-refractivity contribution < 1.29 is 15.0 Å².